The van der Waals surface area contributed by atoms with Gasteiger partial charge in [0.1, 0.15) is 6.04 Å². The SMILES string of the molecule is C=C.CC1=CC(Cl)=CCC=C1NC(C)C(=O)NC1(C2CCOCC2)CCC1. The molecule has 2 N–H and O–H groups in total. The van der Waals surface area contributed by atoms with Crippen molar-refractivity contribution in [1.29, 1.82) is 0 Å². The van der Waals surface area contributed by atoms with Crippen LogP contribution in [0.2, 0.25) is 0 Å². The van der Waals surface area contributed by atoms with E-state index in [0.29, 0.717) is 5.92 Å². The monoisotopic (exact) mass is 392 g/mol. The average Bonchev–Trinajstić information content (AvgIpc) is 2.80. The van der Waals surface area contributed by atoms with Crippen LogP contribution in [0.4, 0.5) is 0 Å². The Morgan fingerprint density at radius 3 is 2.56 bits per heavy atom. The van der Waals surface area contributed by atoms with Gasteiger partial charge in [-0.25, -0.2) is 0 Å². The predicted octanol–water partition coefficient (Wildman–Crippen LogP) is 4.59. The van der Waals surface area contributed by atoms with E-state index in [2.05, 4.69) is 29.9 Å². The molecule has 3 aliphatic rings. The van der Waals surface area contributed by atoms with Gasteiger partial charge in [-0.15, -0.1) is 13.2 Å². The van der Waals surface area contributed by atoms with E-state index in [-0.39, 0.29) is 17.5 Å². The minimum Gasteiger partial charge on any atom is -0.381 e. The lowest BCUT2D eigenvalue weighted by molar-refractivity contribution is -0.127. The summed E-state index contributed by atoms with van der Waals surface area (Å²) in [5, 5.41) is 7.50. The molecule has 1 aliphatic heterocycles. The van der Waals surface area contributed by atoms with Crippen LogP contribution < -0.4 is 10.6 Å². The van der Waals surface area contributed by atoms with Gasteiger partial charge >= 0.3 is 0 Å². The molecule has 1 atom stereocenters. The van der Waals surface area contributed by atoms with Gasteiger partial charge in [0.2, 0.25) is 5.91 Å². The number of ether oxygens (including phenoxy) is 1. The van der Waals surface area contributed by atoms with E-state index >= 15 is 0 Å². The van der Waals surface area contributed by atoms with Crippen molar-refractivity contribution in [3.05, 3.63) is 47.7 Å². The van der Waals surface area contributed by atoms with Gasteiger partial charge in [0.05, 0.1) is 0 Å². The van der Waals surface area contributed by atoms with Crippen LogP contribution in [0, 0.1) is 5.92 Å². The van der Waals surface area contributed by atoms with Gasteiger partial charge in [-0.3, -0.25) is 4.79 Å². The zero-order valence-corrected chi connectivity index (χ0v) is 17.4. The maximum absolute atomic E-state index is 12.8. The minimum atomic E-state index is -0.274. The predicted molar refractivity (Wildman–Crippen MR) is 113 cm³/mol. The van der Waals surface area contributed by atoms with Crippen LogP contribution >= 0.6 is 11.6 Å². The largest absolute Gasteiger partial charge is 0.381 e. The molecule has 0 aromatic heterocycles. The van der Waals surface area contributed by atoms with Crippen LogP contribution in [0.3, 0.4) is 0 Å². The summed E-state index contributed by atoms with van der Waals surface area (Å²) in [5.74, 6) is 0.635. The highest BCUT2D eigenvalue weighted by Gasteiger charge is 2.45. The first-order valence-electron chi connectivity index (χ1n) is 9.91. The molecule has 0 aromatic carbocycles. The third-order valence-corrected chi connectivity index (χ3v) is 6.06. The van der Waals surface area contributed by atoms with Crippen molar-refractivity contribution in [2.45, 2.75) is 64.0 Å². The molecule has 1 amide bonds. The quantitative estimate of drug-likeness (QED) is 0.673. The maximum Gasteiger partial charge on any atom is 0.242 e. The molecule has 2 fully saturated rings. The van der Waals surface area contributed by atoms with Crippen molar-refractivity contribution in [2.24, 2.45) is 5.92 Å². The highest BCUT2D eigenvalue weighted by atomic mass is 35.5. The summed E-state index contributed by atoms with van der Waals surface area (Å²) < 4.78 is 5.49. The number of carbonyl (C=O) groups excluding carboxylic acids is 1. The molecule has 27 heavy (non-hydrogen) atoms. The third kappa shape index (κ3) is 5.49. The summed E-state index contributed by atoms with van der Waals surface area (Å²) in [5.41, 5.74) is 2.04. The zero-order chi connectivity index (χ0) is 19.9. The Kier molecular flexibility index (Phi) is 8.18. The fraction of sp³-hybridized carbons (Fsp3) is 0.591. The number of hydrogen-bond acceptors (Lipinski definition) is 3. The molecule has 0 bridgehead atoms. The second-order valence-corrected chi connectivity index (χ2v) is 7.96. The third-order valence-electron chi connectivity index (χ3n) is 5.80. The topological polar surface area (TPSA) is 50.4 Å². The first-order valence-corrected chi connectivity index (χ1v) is 10.3. The van der Waals surface area contributed by atoms with Gasteiger partial charge in [-0.2, -0.15) is 0 Å². The number of amides is 1. The van der Waals surface area contributed by atoms with Gasteiger partial charge in [-0.05, 0) is 69.9 Å². The van der Waals surface area contributed by atoms with Crippen molar-refractivity contribution >= 4 is 17.5 Å². The van der Waals surface area contributed by atoms with E-state index in [0.717, 1.165) is 61.6 Å². The van der Waals surface area contributed by atoms with Crippen LogP contribution in [0.15, 0.2) is 47.7 Å². The number of carbonyl (C=O) groups is 1. The molecule has 150 valence electrons. The molecule has 1 saturated heterocycles. The molecule has 0 radical (unpaired) electrons. The maximum atomic E-state index is 12.8. The zero-order valence-electron chi connectivity index (χ0n) is 16.7. The Morgan fingerprint density at radius 2 is 1.96 bits per heavy atom. The van der Waals surface area contributed by atoms with Gasteiger partial charge in [0.15, 0.2) is 0 Å². The molecular formula is C22H33ClN2O2. The second kappa shape index (κ2) is 10.1. The van der Waals surface area contributed by atoms with Crippen molar-refractivity contribution in [1.82, 2.24) is 10.6 Å². The molecule has 1 heterocycles. The molecule has 3 rings (SSSR count). The van der Waals surface area contributed by atoms with Gasteiger partial charge < -0.3 is 15.4 Å². The summed E-state index contributed by atoms with van der Waals surface area (Å²) in [4.78, 5) is 12.8. The lowest BCUT2D eigenvalue weighted by Gasteiger charge is -2.50. The van der Waals surface area contributed by atoms with Crippen molar-refractivity contribution in [2.75, 3.05) is 13.2 Å². The van der Waals surface area contributed by atoms with Gasteiger partial charge in [0, 0.05) is 29.5 Å². The molecule has 2 aliphatic carbocycles. The molecular weight excluding hydrogens is 360 g/mol. The number of nitrogens with one attached hydrogen (secondary N) is 2. The van der Waals surface area contributed by atoms with Crippen LogP contribution in [0.5, 0.6) is 0 Å². The van der Waals surface area contributed by atoms with Crippen LogP contribution in [-0.4, -0.2) is 30.7 Å². The van der Waals surface area contributed by atoms with E-state index in [1.165, 1.54) is 6.42 Å². The first kappa shape index (κ1) is 21.8. The van der Waals surface area contributed by atoms with Crippen LogP contribution in [0.25, 0.3) is 0 Å². The lowest BCUT2D eigenvalue weighted by atomic mass is 9.65. The Morgan fingerprint density at radius 1 is 1.30 bits per heavy atom. The molecule has 5 heteroatoms. The van der Waals surface area contributed by atoms with Gasteiger partial charge in [-0.1, -0.05) is 23.8 Å². The Labute approximate surface area is 168 Å². The Hall–Kier alpha value is -1.52. The minimum absolute atomic E-state index is 0.00954. The second-order valence-electron chi connectivity index (χ2n) is 7.52. The number of rotatable bonds is 5. The summed E-state index contributed by atoms with van der Waals surface area (Å²) in [6.07, 6.45) is 12.3. The number of allylic oxidation sites excluding steroid dienone is 5. The van der Waals surface area contributed by atoms with E-state index in [1.54, 1.807) is 0 Å². The van der Waals surface area contributed by atoms with E-state index in [1.807, 2.05) is 26.0 Å². The Bertz CT molecular complexity index is 614. The van der Waals surface area contributed by atoms with Crippen molar-refractivity contribution < 1.29 is 9.53 Å². The normalized spacial score (nSPS) is 23.1. The van der Waals surface area contributed by atoms with E-state index in [9.17, 15) is 4.79 Å². The summed E-state index contributed by atoms with van der Waals surface area (Å²) in [6, 6.07) is -0.274. The number of hydrogen-bond donors (Lipinski definition) is 2. The average molecular weight is 393 g/mol. The Balaban J connectivity index is 0.00000126. The van der Waals surface area contributed by atoms with E-state index < -0.39 is 0 Å². The highest BCUT2D eigenvalue weighted by Crippen LogP contribution is 2.42. The molecule has 0 spiro atoms. The van der Waals surface area contributed by atoms with Crippen LogP contribution in [-0.2, 0) is 9.53 Å². The standard InChI is InChI=1S/C20H29ClN2O2.C2H4/c1-14-13-17(21)5-3-6-18(14)22-15(2)19(24)23-20(9-4-10-20)16-7-11-25-12-8-16;1-2/h5-6,13,15-16,22H,3-4,7-12H2,1-2H3,(H,23,24);1-2H2. The fourth-order valence-corrected chi connectivity index (χ4v) is 4.31. The number of halogens is 1. The molecule has 4 nitrogen and oxygen atoms in total. The van der Waals surface area contributed by atoms with Gasteiger partial charge in [0.25, 0.3) is 0 Å². The lowest BCUT2D eigenvalue weighted by Crippen LogP contribution is -2.62. The van der Waals surface area contributed by atoms with Crippen molar-refractivity contribution in [3.8, 4) is 0 Å². The summed E-state index contributed by atoms with van der Waals surface area (Å²) in [7, 11) is 0. The smallest absolute Gasteiger partial charge is 0.242 e. The highest BCUT2D eigenvalue weighted by molar-refractivity contribution is 6.31. The van der Waals surface area contributed by atoms with Crippen molar-refractivity contribution in [3.63, 3.8) is 0 Å². The summed E-state index contributed by atoms with van der Waals surface area (Å²) in [6.45, 7) is 11.6. The molecule has 0 aromatic rings. The van der Waals surface area contributed by atoms with E-state index in [4.69, 9.17) is 16.3 Å². The molecule has 1 saturated carbocycles. The molecule has 1 unspecified atom stereocenters. The summed E-state index contributed by atoms with van der Waals surface area (Å²) >= 11 is 6.11. The van der Waals surface area contributed by atoms with Crippen LogP contribution in [0.1, 0.15) is 52.4 Å². The fourth-order valence-electron chi connectivity index (χ4n) is 4.06. The first-order chi connectivity index (χ1) is 13.0.